The molecule has 0 unspecified atom stereocenters. The monoisotopic (exact) mass is 548 g/mol. The van der Waals surface area contributed by atoms with Crippen LogP contribution in [-0.4, -0.2) is 42.6 Å². The standard InChI is InChI=1S/C26H27F3N4O4S/c1-17-6-2-3-8-19(17)25-20(26(27,28)29)12-13-21(30-25)32-38(36,37)23-10-4-9-22(31-23)33-15-5-7-18(16-33)11-14-24(34)35/h2-4,6,8-10,12-13,18H,5,7,11,14-16H2,1H3,(H,30,32)(H,34,35)/t18-/m0/s1. The maximum absolute atomic E-state index is 13.7. The number of aromatic nitrogens is 2. The van der Waals surface area contributed by atoms with Crippen molar-refractivity contribution < 1.29 is 31.5 Å². The molecule has 1 aliphatic rings. The molecule has 12 heteroatoms. The third-order valence-electron chi connectivity index (χ3n) is 6.43. The van der Waals surface area contributed by atoms with Crippen molar-refractivity contribution >= 4 is 27.6 Å². The Hall–Kier alpha value is -3.67. The zero-order valence-corrected chi connectivity index (χ0v) is 21.4. The molecule has 4 rings (SSSR count). The van der Waals surface area contributed by atoms with Gasteiger partial charge in [0.25, 0.3) is 10.0 Å². The summed E-state index contributed by atoms with van der Waals surface area (Å²) in [7, 11) is -4.28. The number of aliphatic carboxylic acids is 1. The van der Waals surface area contributed by atoms with Crippen LogP contribution >= 0.6 is 0 Å². The Bertz CT molecular complexity index is 1430. The molecule has 1 saturated heterocycles. The lowest BCUT2D eigenvalue weighted by Gasteiger charge is -2.33. The molecule has 3 aromatic rings. The lowest BCUT2D eigenvalue weighted by molar-refractivity contribution is -0.138. The zero-order chi connectivity index (χ0) is 27.5. The van der Waals surface area contributed by atoms with E-state index in [0.717, 1.165) is 25.0 Å². The summed E-state index contributed by atoms with van der Waals surface area (Å²) in [5.41, 5.74) is -0.553. The molecule has 3 heterocycles. The fraction of sp³-hybridized carbons (Fsp3) is 0.346. The summed E-state index contributed by atoms with van der Waals surface area (Å²) in [6, 6.07) is 12.7. The van der Waals surface area contributed by atoms with Gasteiger partial charge in [-0.2, -0.15) is 21.6 Å². The van der Waals surface area contributed by atoms with E-state index >= 15 is 0 Å². The second-order valence-corrected chi connectivity index (χ2v) is 10.9. The van der Waals surface area contributed by atoms with Crippen molar-refractivity contribution in [2.45, 2.75) is 43.8 Å². The summed E-state index contributed by atoms with van der Waals surface area (Å²) in [4.78, 5) is 21.2. The first-order chi connectivity index (χ1) is 17.9. The summed E-state index contributed by atoms with van der Waals surface area (Å²) in [6.45, 7) is 2.85. The molecular formula is C26H27F3N4O4S. The smallest absolute Gasteiger partial charge is 0.418 e. The number of carboxylic acid groups (broad SMARTS) is 1. The Morgan fingerprint density at radius 2 is 1.87 bits per heavy atom. The van der Waals surface area contributed by atoms with Gasteiger partial charge in [0.15, 0.2) is 5.03 Å². The molecule has 202 valence electrons. The van der Waals surface area contributed by atoms with Crippen molar-refractivity contribution in [3.05, 3.63) is 65.7 Å². The molecule has 0 spiro atoms. The number of benzene rings is 1. The number of pyridine rings is 2. The van der Waals surface area contributed by atoms with E-state index in [0.29, 0.717) is 30.9 Å². The third-order valence-corrected chi connectivity index (χ3v) is 7.69. The van der Waals surface area contributed by atoms with Crippen LogP contribution in [0.2, 0.25) is 0 Å². The van der Waals surface area contributed by atoms with Gasteiger partial charge in [-0.05, 0) is 61.9 Å². The van der Waals surface area contributed by atoms with E-state index in [1.807, 2.05) is 4.90 Å². The predicted molar refractivity (Wildman–Crippen MR) is 136 cm³/mol. The maximum Gasteiger partial charge on any atom is 0.418 e. The number of hydrogen-bond donors (Lipinski definition) is 2. The van der Waals surface area contributed by atoms with Gasteiger partial charge in [-0.1, -0.05) is 30.3 Å². The topological polar surface area (TPSA) is 112 Å². The number of aryl methyl sites for hydroxylation is 1. The molecule has 0 saturated carbocycles. The SMILES string of the molecule is Cc1ccccc1-c1nc(NS(=O)(=O)c2cccc(N3CCC[C@@H](CCC(=O)O)C3)n2)ccc1C(F)(F)F. The number of nitrogens with zero attached hydrogens (tertiary/aromatic N) is 3. The average Bonchev–Trinajstić information content (AvgIpc) is 2.87. The fourth-order valence-electron chi connectivity index (χ4n) is 4.54. The Kier molecular flexibility index (Phi) is 7.91. The number of nitrogens with one attached hydrogen (secondary N) is 1. The van der Waals surface area contributed by atoms with Crippen molar-refractivity contribution in [1.29, 1.82) is 0 Å². The Morgan fingerprint density at radius 3 is 2.58 bits per heavy atom. The minimum atomic E-state index is -4.69. The minimum absolute atomic E-state index is 0.0644. The first-order valence-corrected chi connectivity index (χ1v) is 13.5. The number of halogens is 3. The lowest BCUT2D eigenvalue weighted by Crippen LogP contribution is -2.36. The normalized spacial score (nSPS) is 16.3. The van der Waals surface area contributed by atoms with Crippen LogP contribution in [0.5, 0.6) is 0 Å². The van der Waals surface area contributed by atoms with E-state index in [9.17, 15) is 26.4 Å². The Morgan fingerprint density at radius 1 is 1.11 bits per heavy atom. The van der Waals surface area contributed by atoms with E-state index in [4.69, 9.17) is 5.11 Å². The van der Waals surface area contributed by atoms with Crippen LogP contribution < -0.4 is 9.62 Å². The molecule has 1 aromatic carbocycles. The van der Waals surface area contributed by atoms with Crippen molar-refractivity contribution in [3.63, 3.8) is 0 Å². The number of piperidine rings is 1. The molecule has 0 radical (unpaired) electrons. The molecule has 1 aliphatic heterocycles. The first-order valence-electron chi connectivity index (χ1n) is 12.0. The molecule has 1 atom stereocenters. The molecule has 0 amide bonds. The number of sulfonamides is 1. The predicted octanol–water partition coefficient (Wildman–Crippen LogP) is 5.35. The highest BCUT2D eigenvalue weighted by Crippen LogP contribution is 2.38. The number of rotatable bonds is 8. The Labute approximate surface area is 218 Å². The summed E-state index contributed by atoms with van der Waals surface area (Å²) >= 11 is 0. The largest absolute Gasteiger partial charge is 0.481 e. The summed E-state index contributed by atoms with van der Waals surface area (Å²) in [6.07, 6.45) is -2.40. The molecule has 1 fully saturated rings. The third kappa shape index (κ3) is 6.42. The maximum atomic E-state index is 13.7. The molecular weight excluding hydrogens is 521 g/mol. The van der Waals surface area contributed by atoms with Crippen molar-refractivity contribution in [2.75, 3.05) is 22.7 Å². The van der Waals surface area contributed by atoms with Gasteiger partial charge >= 0.3 is 12.1 Å². The Balaban J connectivity index is 1.60. The van der Waals surface area contributed by atoms with Gasteiger partial charge in [0, 0.05) is 25.1 Å². The highest BCUT2D eigenvalue weighted by Gasteiger charge is 2.35. The summed E-state index contributed by atoms with van der Waals surface area (Å²) in [5.74, 6) is -0.554. The molecule has 2 N–H and O–H groups in total. The second kappa shape index (κ2) is 11.0. The van der Waals surface area contributed by atoms with Crippen LogP contribution in [0.25, 0.3) is 11.3 Å². The highest BCUT2D eigenvalue weighted by atomic mass is 32.2. The fourth-order valence-corrected chi connectivity index (χ4v) is 5.51. The highest BCUT2D eigenvalue weighted by molar-refractivity contribution is 7.92. The number of hydrogen-bond acceptors (Lipinski definition) is 6. The van der Waals surface area contributed by atoms with E-state index in [1.165, 1.54) is 18.2 Å². The van der Waals surface area contributed by atoms with Gasteiger partial charge in [0.2, 0.25) is 0 Å². The molecule has 0 aliphatic carbocycles. The molecule has 2 aromatic heterocycles. The van der Waals surface area contributed by atoms with Crippen molar-refractivity contribution in [1.82, 2.24) is 9.97 Å². The van der Waals surface area contributed by atoms with Crippen molar-refractivity contribution in [2.24, 2.45) is 5.92 Å². The van der Waals surface area contributed by atoms with Gasteiger partial charge < -0.3 is 10.0 Å². The molecule has 8 nitrogen and oxygen atoms in total. The van der Waals surface area contributed by atoms with Crippen LogP contribution in [0.4, 0.5) is 24.8 Å². The first kappa shape index (κ1) is 27.4. The van der Waals surface area contributed by atoms with E-state index in [2.05, 4.69) is 14.7 Å². The van der Waals surface area contributed by atoms with Crippen LogP contribution in [0.1, 0.15) is 36.8 Å². The number of alkyl halides is 3. The van der Waals surface area contributed by atoms with E-state index in [-0.39, 0.29) is 34.4 Å². The quantitative estimate of drug-likeness (QED) is 0.390. The van der Waals surface area contributed by atoms with Crippen molar-refractivity contribution in [3.8, 4) is 11.3 Å². The van der Waals surface area contributed by atoms with Gasteiger partial charge in [-0.25, -0.2) is 9.97 Å². The number of anilines is 2. The van der Waals surface area contributed by atoms with Crippen LogP contribution in [0.15, 0.2) is 59.6 Å². The zero-order valence-electron chi connectivity index (χ0n) is 20.6. The summed E-state index contributed by atoms with van der Waals surface area (Å²) in [5, 5.41) is 8.66. The van der Waals surface area contributed by atoms with Gasteiger partial charge in [-0.3, -0.25) is 9.52 Å². The molecule has 38 heavy (non-hydrogen) atoms. The van der Waals surface area contributed by atoms with Gasteiger partial charge in [-0.15, -0.1) is 0 Å². The number of carbonyl (C=O) groups is 1. The number of carboxylic acids is 1. The van der Waals surface area contributed by atoms with Crippen LogP contribution in [-0.2, 0) is 21.0 Å². The van der Waals surface area contributed by atoms with Gasteiger partial charge in [0.1, 0.15) is 11.6 Å². The van der Waals surface area contributed by atoms with Gasteiger partial charge in [0.05, 0.1) is 11.3 Å². The summed E-state index contributed by atoms with van der Waals surface area (Å²) < 4.78 is 69.7. The second-order valence-electron chi connectivity index (χ2n) is 9.23. The van der Waals surface area contributed by atoms with E-state index in [1.54, 1.807) is 31.2 Å². The molecule has 0 bridgehead atoms. The lowest BCUT2D eigenvalue weighted by atomic mass is 9.93. The average molecular weight is 549 g/mol. The van der Waals surface area contributed by atoms with Crippen LogP contribution in [0, 0.1) is 12.8 Å². The van der Waals surface area contributed by atoms with Crippen LogP contribution in [0.3, 0.4) is 0 Å². The minimum Gasteiger partial charge on any atom is -0.481 e. The van der Waals surface area contributed by atoms with E-state index < -0.39 is 27.7 Å².